The predicted octanol–water partition coefficient (Wildman–Crippen LogP) is 7.49. The van der Waals surface area contributed by atoms with E-state index in [1.165, 1.54) is 67.2 Å². The van der Waals surface area contributed by atoms with Crippen LogP contribution in [0.25, 0.3) is 5.57 Å². The van der Waals surface area contributed by atoms with Gasteiger partial charge >= 0.3 is 0 Å². The lowest BCUT2D eigenvalue weighted by molar-refractivity contribution is 0.0968. The van der Waals surface area contributed by atoms with Crippen molar-refractivity contribution in [3.63, 3.8) is 0 Å². The number of hydrogen-bond acceptors (Lipinski definition) is 1. The molecule has 3 aliphatic rings. The molecule has 0 spiro atoms. The predicted molar refractivity (Wildman–Crippen MR) is 137 cm³/mol. The van der Waals surface area contributed by atoms with Crippen molar-refractivity contribution in [3.8, 4) is 0 Å². The van der Waals surface area contributed by atoms with Crippen molar-refractivity contribution in [1.29, 1.82) is 0 Å². The number of hydrogen-bond donors (Lipinski definition) is 0. The molecular formula is C31H40FN. The van der Waals surface area contributed by atoms with Gasteiger partial charge in [-0.3, -0.25) is 4.39 Å². The first-order valence-corrected chi connectivity index (χ1v) is 13.4. The summed E-state index contributed by atoms with van der Waals surface area (Å²) >= 11 is 0. The number of alkyl halides is 1. The molecule has 176 valence electrons. The molecule has 0 aromatic heterocycles. The maximum Gasteiger partial charge on any atom is 0.0906 e. The van der Waals surface area contributed by atoms with Crippen LogP contribution in [-0.4, -0.2) is 31.2 Å². The first kappa shape index (κ1) is 22.8. The fraction of sp³-hybridized carbons (Fsp3) is 0.548. The number of fused-ring (bicyclic) bond motifs is 1. The molecule has 2 aromatic carbocycles. The van der Waals surface area contributed by atoms with Crippen molar-refractivity contribution >= 4 is 5.57 Å². The summed E-state index contributed by atoms with van der Waals surface area (Å²) in [6, 6.07) is 18.7. The lowest BCUT2D eigenvalue weighted by Gasteiger charge is -2.39. The van der Waals surface area contributed by atoms with Gasteiger partial charge in [0.05, 0.1) is 6.67 Å². The highest BCUT2D eigenvalue weighted by Crippen LogP contribution is 2.43. The summed E-state index contributed by atoms with van der Waals surface area (Å²) in [5.41, 5.74) is 9.16. The molecule has 0 amide bonds. The molecule has 0 N–H and O–H groups in total. The molecule has 2 atom stereocenters. The van der Waals surface area contributed by atoms with E-state index in [4.69, 9.17) is 0 Å². The summed E-state index contributed by atoms with van der Waals surface area (Å²) in [5.74, 6) is 2.33. The second-order valence-corrected chi connectivity index (χ2v) is 10.9. The quantitative estimate of drug-likeness (QED) is 0.427. The summed E-state index contributed by atoms with van der Waals surface area (Å²) in [5, 5.41) is 0. The molecule has 2 heteroatoms. The third-order valence-electron chi connectivity index (χ3n) is 8.34. The van der Waals surface area contributed by atoms with Gasteiger partial charge in [-0.2, -0.15) is 0 Å². The Morgan fingerprint density at radius 2 is 1.76 bits per heavy atom. The second kappa shape index (κ2) is 10.6. The summed E-state index contributed by atoms with van der Waals surface area (Å²) in [6.07, 6.45) is 11.1. The van der Waals surface area contributed by atoms with Crippen molar-refractivity contribution in [3.05, 3.63) is 76.4 Å². The maximum atomic E-state index is 12.4. The number of rotatable bonds is 7. The van der Waals surface area contributed by atoms with Crippen LogP contribution in [-0.2, 0) is 12.8 Å². The fourth-order valence-electron chi connectivity index (χ4n) is 6.66. The molecule has 1 saturated carbocycles. The Kier molecular flexibility index (Phi) is 7.30. The molecule has 0 radical (unpaired) electrons. The van der Waals surface area contributed by atoms with Crippen LogP contribution in [0.1, 0.15) is 74.1 Å². The molecule has 1 heterocycles. The lowest BCUT2D eigenvalue weighted by atomic mass is 9.74. The van der Waals surface area contributed by atoms with Crippen LogP contribution in [0.2, 0.25) is 0 Å². The zero-order valence-corrected chi connectivity index (χ0v) is 20.4. The first-order valence-electron chi connectivity index (χ1n) is 13.4. The molecule has 0 unspecified atom stereocenters. The van der Waals surface area contributed by atoms with E-state index in [2.05, 4.69) is 60.4 Å². The van der Waals surface area contributed by atoms with Crippen LogP contribution in [0.4, 0.5) is 4.39 Å². The molecule has 1 aliphatic heterocycles. The van der Waals surface area contributed by atoms with Crippen molar-refractivity contribution in [2.45, 2.75) is 64.7 Å². The minimum atomic E-state index is -0.191. The average molecular weight is 446 g/mol. The zero-order chi connectivity index (χ0) is 22.6. The highest BCUT2D eigenvalue weighted by molar-refractivity contribution is 5.84. The summed E-state index contributed by atoms with van der Waals surface area (Å²) < 4.78 is 12.4. The van der Waals surface area contributed by atoms with Crippen LogP contribution < -0.4 is 0 Å². The van der Waals surface area contributed by atoms with Crippen LogP contribution >= 0.6 is 0 Å². The van der Waals surface area contributed by atoms with E-state index in [1.54, 1.807) is 11.1 Å². The zero-order valence-electron chi connectivity index (χ0n) is 20.4. The topological polar surface area (TPSA) is 3.24 Å². The smallest absolute Gasteiger partial charge is 0.0906 e. The van der Waals surface area contributed by atoms with Crippen LogP contribution in [0.15, 0.2) is 54.1 Å². The molecule has 2 aromatic rings. The molecule has 33 heavy (non-hydrogen) atoms. The third kappa shape index (κ3) is 5.27. The van der Waals surface area contributed by atoms with E-state index in [1.807, 2.05) is 0 Å². The Labute approximate surface area is 200 Å². The van der Waals surface area contributed by atoms with Gasteiger partial charge in [0.1, 0.15) is 0 Å². The standard InChI is InChI=1S/C31H40FN/c1-23-7-4-10-28(19-23)30-12-5-9-26-8-2-3-11-29(26)31(30)27-15-13-24(14-16-27)20-25-21-33(22-25)18-6-17-32/h2-3,8,11,13-16,23,25,28H,4-7,9-10,12,17-22H2,1H3/t23-,28-/m0/s1. The van der Waals surface area contributed by atoms with Gasteiger partial charge in [0, 0.05) is 19.6 Å². The first-order chi connectivity index (χ1) is 16.2. The van der Waals surface area contributed by atoms with E-state index < -0.39 is 0 Å². The number of aryl methyl sites for hydroxylation is 1. The number of allylic oxidation sites excluding steroid dienone is 1. The SMILES string of the molecule is C[C@H]1CCC[C@H](C2=C(c3ccc(CC4CN(CCCF)C4)cc3)c3ccccc3CCC2)C1. The largest absolute Gasteiger partial charge is 0.303 e. The highest BCUT2D eigenvalue weighted by atomic mass is 19.1. The number of nitrogens with zero attached hydrogens (tertiary/aromatic N) is 1. The van der Waals surface area contributed by atoms with Gasteiger partial charge in [-0.25, -0.2) is 0 Å². The van der Waals surface area contributed by atoms with Crippen LogP contribution in [0.5, 0.6) is 0 Å². The highest BCUT2D eigenvalue weighted by Gasteiger charge is 2.28. The van der Waals surface area contributed by atoms with E-state index in [9.17, 15) is 4.39 Å². The van der Waals surface area contributed by atoms with Gasteiger partial charge in [0.15, 0.2) is 0 Å². The Morgan fingerprint density at radius 1 is 0.939 bits per heavy atom. The molecule has 2 fully saturated rings. The van der Waals surface area contributed by atoms with Gasteiger partial charge in [-0.15, -0.1) is 0 Å². The van der Waals surface area contributed by atoms with E-state index in [0.717, 1.165) is 43.8 Å². The van der Waals surface area contributed by atoms with Crippen molar-refractivity contribution in [2.75, 3.05) is 26.3 Å². The van der Waals surface area contributed by atoms with Crippen molar-refractivity contribution in [1.82, 2.24) is 4.90 Å². The van der Waals surface area contributed by atoms with E-state index in [0.29, 0.717) is 6.42 Å². The number of halogens is 1. The monoisotopic (exact) mass is 445 g/mol. The van der Waals surface area contributed by atoms with Gasteiger partial charge < -0.3 is 4.90 Å². The number of likely N-dealkylation sites (tertiary alicyclic amines) is 1. The Morgan fingerprint density at radius 3 is 2.55 bits per heavy atom. The molecule has 1 saturated heterocycles. The molecular weight excluding hydrogens is 405 g/mol. The molecule has 2 aliphatic carbocycles. The Bertz CT molecular complexity index is 953. The van der Waals surface area contributed by atoms with Crippen LogP contribution in [0, 0.1) is 17.8 Å². The second-order valence-electron chi connectivity index (χ2n) is 10.9. The lowest BCUT2D eigenvalue weighted by Crippen LogP contribution is -2.47. The van der Waals surface area contributed by atoms with Crippen LogP contribution in [0.3, 0.4) is 0 Å². The minimum Gasteiger partial charge on any atom is -0.303 e. The van der Waals surface area contributed by atoms with Gasteiger partial charge in [-0.1, -0.05) is 73.9 Å². The van der Waals surface area contributed by atoms with E-state index in [-0.39, 0.29) is 6.67 Å². The summed E-state index contributed by atoms with van der Waals surface area (Å²) in [7, 11) is 0. The normalized spacial score (nSPS) is 24.3. The van der Waals surface area contributed by atoms with Crippen molar-refractivity contribution < 1.29 is 4.39 Å². The fourth-order valence-corrected chi connectivity index (χ4v) is 6.66. The van der Waals surface area contributed by atoms with Gasteiger partial charge in [0.2, 0.25) is 0 Å². The molecule has 5 rings (SSSR count). The van der Waals surface area contributed by atoms with Gasteiger partial charge in [-0.05, 0) is 90.5 Å². The maximum absolute atomic E-state index is 12.4. The Balaban J connectivity index is 1.39. The summed E-state index contributed by atoms with van der Waals surface area (Å²) in [4.78, 5) is 2.39. The third-order valence-corrected chi connectivity index (χ3v) is 8.34. The van der Waals surface area contributed by atoms with Gasteiger partial charge in [0.25, 0.3) is 0 Å². The van der Waals surface area contributed by atoms with E-state index >= 15 is 0 Å². The van der Waals surface area contributed by atoms with Crippen molar-refractivity contribution in [2.24, 2.45) is 17.8 Å². The Hall–Kier alpha value is -1.93. The molecule has 1 nitrogen and oxygen atoms in total. The molecule has 0 bridgehead atoms. The summed E-state index contributed by atoms with van der Waals surface area (Å²) in [6.45, 7) is 5.44. The minimum absolute atomic E-state index is 0.191. The number of benzene rings is 2. The average Bonchev–Trinajstić information content (AvgIpc) is 3.01.